The van der Waals surface area contributed by atoms with Crippen molar-refractivity contribution in [3.8, 4) is 0 Å². The standard InChI is InChI=1S/C11H16ClN3/c1-8(9-3-4-9)15(2)11-7-13-6-10(5-12)14-11/h6-9H,3-5H2,1-2H3. The molecule has 1 aliphatic carbocycles. The van der Waals surface area contributed by atoms with Gasteiger partial charge in [0.2, 0.25) is 0 Å². The summed E-state index contributed by atoms with van der Waals surface area (Å²) in [5.74, 6) is 2.18. The minimum absolute atomic E-state index is 0.423. The van der Waals surface area contributed by atoms with Gasteiger partial charge in [-0.05, 0) is 25.7 Å². The molecule has 0 bridgehead atoms. The molecule has 0 saturated heterocycles. The summed E-state index contributed by atoms with van der Waals surface area (Å²) >= 11 is 5.74. The Morgan fingerprint density at radius 1 is 1.53 bits per heavy atom. The van der Waals surface area contributed by atoms with Crippen LogP contribution in [0.25, 0.3) is 0 Å². The second kappa shape index (κ2) is 4.35. The van der Waals surface area contributed by atoms with Crippen LogP contribution >= 0.6 is 11.6 Å². The van der Waals surface area contributed by atoms with E-state index in [1.807, 2.05) is 0 Å². The lowest BCUT2D eigenvalue weighted by molar-refractivity contribution is 0.602. The fourth-order valence-electron chi connectivity index (χ4n) is 1.73. The molecule has 0 N–H and O–H groups in total. The molecule has 3 nitrogen and oxygen atoms in total. The van der Waals surface area contributed by atoms with Crippen LogP contribution in [-0.2, 0) is 5.88 Å². The van der Waals surface area contributed by atoms with Crippen molar-refractivity contribution in [2.75, 3.05) is 11.9 Å². The highest BCUT2D eigenvalue weighted by Crippen LogP contribution is 2.35. The van der Waals surface area contributed by atoms with Crippen molar-refractivity contribution >= 4 is 17.4 Å². The molecule has 0 aromatic carbocycles. The number of alkyl halides is 1. The maximum absolute atomic E-state index is 5.74. The van der Waals surface area contributed by atoms with Crippen LogP contribution < -0.4 is 4.90 Å². The van der Waals surface area contributed by atoms with Crippen molar-refractivity contribution in [1.82, 2.24) is 9.97 Å². The molecular weight excluding hydrogens is 210 g/mol. The van der Waals surface area contributed by atoms with Crippen LogP contribution in [-0.4, -0.2) is 23.1 Å². The Morgan fingerprint density at radius 3 is 2.87 bits per heavy atom. The number of hydrogen-bond donors (Lipinski definition) is 0. The molecule has 0 radical (unpaired) electrons. The Hall–Kier alpha value is -0.830. The van der Waals surface area contributed by atoms with Gasteiger partial charge in [-0.15, -0.1) is 11.6 Å². The fourth-order valence-corrected chi connectivity index (χ4v) is 1.86. The summed E-state index contributed by atoms with van der Waals surface area (Å²) in [6, 6.07) is 0.546. The third kappa shape index (κ3) is 2.40. The predicted molar refractivity (Wildman–Crippen MR) is 62.2 cm³/mol. The summed E-state index contributed by atoms with van der Waals surface area (Å²) in [6.07, 6.45) is 6.20. The van der Waals surface area contributed by atoms with Gasteiger partial charge in [-0.25, -0.2) is 4.98 Å². The first kappa shape index (κ1) is 10.7. The molecule has 0 aliphatic heterocycles. The van der Waals surface area contributed by atoms with Gasteiger partial charge in [0, 0.05) is 19.3 Å². The second-order valence-electron chi connectivity index (χ2n) is 4.19. The van der Waals surface area contributed by atoms with Crippen molar-refractivity contribution in [2.45, 2.75) is 31.7 Å². The maximum atomic E-state index is 5.74. The van der Waals surface area contributed by atoms with E-state index >= 15 is 0 Å². The Bertz CT molecular complexity index is 338. The minimum Gasteiger partial charge on any atom is -0.355 e. The maximum Gasteiger partial charge on any atom is 0.147 e. The summed E-state index contributed by atoms with van der Waals surface area (Å²) < 4.78 is 0. The highest BCUT2D eigenvalue weighted by Gasteiger charge is 2.31. The number of aromatic nitrogens is 2. The van der Waals surface area contributed by atoms with E-state index in [4.69, 9.17) is 11.6 Å². The molecule has 1 aromatic heterocycles. The summed E-state index contributed by atoms with van der Waals surface area (Å²) in [5, 5.41) is 0. The van der Waals surface area contributed by atoms with Gasteiger partial charge in [0.1, 0.15) is 5.82 Å². The summed E-state index contributed by atoms with van der Waals surface area (Å²) in [6.45, 7) is 2.24. The van der Waals surface area contributed by atoms with E-state index in [9.17, 15) is 0 Å². The van der Waals surface area contributed by atoms with E-state index in [2.05, 4.69) is 28.8 Å². The first-order valence-corrected chi connectivity index (χ1v) is 5.85. The van der Waals surface area contributed by atoms with Crippen LogP contribution in [0.15, 0.2) is 12.4 Å². The summed E-state index contributed by atoms with van der Waals surface area (Å²) in [7, 11) is 2.07. The smallest absolute Gasteiger partial charge is 0.147 e. The molecule has 1 aromatic rings. The van der Waals surface area contributed by atoms with E-state index in [0.29, 0.717) is 11.9 Å². The Kier molecular flexibility index (Phi) is 3.10. The van der Waals surface area contributed by atoms with Crippen LogP contribution in [0, 0.1) is 5.92 Å². The SMILES string of the molecule is CC(C1CC1)N(C)c1cncc(CCl)n1. The first-order valence-electron chi connectivity index (χ1n) is 5.32. The van der Waals surface area contributed by atoms with Gasteiger partial charge in [-0.1, -0.05) is 0 Å². The number of halogens is 1. The molecule has 4 heteroatoms. The molecule has 1 aliphatic rings. The van der Waals surface area contributed by atoms with Crippen molar-refractivity contribution in [2.24, 2.45) is 5.92 Å². The van der Waals surface area contributed by atoms with Crippen LogP contribution in [0.2, 0.25) is 0 Å². The van der Waals surface area contributed by atoms with Crippen LogP contribution in [0.3, 0.4) is 0 Å². The lowest BCUT2D eigenvalue weighted by Gasteiger charge is -2.25. The zero-order valence-electron chi connectivity index (χ0n) is 9.15. The van der Waals surface area contributed by atoms with Gasteiger partial charge in [0.25, 0.3) is 0 Å². The van der Waals surface area contributed by atoms with Crippen molar-refractivity contribution in [3.63, 3.8) is 0 Å². The van der Waals surface area contributed by atoms with Crippen LogP contribution in [0.5, 0.6) is 0 Å². The Labute approximate surface area is 95.5 Å². The van der Waals surface area contributed by atoms with Crippen molar-refractivity contribution in [1.29, 1.82) is 0 Å². The second-order valence-corrected chi connectivity index (χ2v) is 4.46. The third-order valence-electron chi connectivity index (χ3n) is 3.09. The quantitative estimate of drug-likeness (QED) is 0.738. The van der Waals surface area contributed by atoms with Gasteiger partial charge < -0.3 is 4.90 Å². The Morgan fingerprint density at radius 2 is 2.27 bits per heavy atom. The van der Waals surface area contributed by atoms with E-state index < -0.39 is 0 Å². The topological polar surface area (TPSA) is 29.0 Å². The summed E-state index contributed by atoms with van der Waals surface area (Å²) in [5.41, 5.74) is 0.837. The summed E-state index contributed by atoms with van der Waals surface area (Å²) in [4.78, 5) is 10.8. The number of nitrogens with zero attached hydrogens (tertiary/aromatic N) is 3. The molecule has 15 heavy (non-hydrogen) atoms. The monoisotopic (exact) mass is 225 g/mol. The molecule has 0 spiro atoms. The van der Waals surface area contributed by atoms with Gasteiger partial charge in [-0.3, -0.25) is 4.98 Å². The van der Waals surface area contributed by atoms with Gasteiger partial charge >= 0.3 is 0 Å². The predicted octanol–water partition coefficient (Wildman–Crippen LogP) is 2.45. The first-order chi connectivity index (χ1) is 7.22. The average molecular weight is 226 g/mol. The molecule has 1 heterocycles. The number of rotatable bonds is 4. The molecule has 1 fully saturated rings. The molecule has 1 unspecified atom stereocenters. The van der Waals surface area contributed by atoms with E-state index in [-0.39, 0.29) is 0 Å². The number of hydrogen-bond acceptors (Lipinski definition) is 3. The molecule has 1 saturated carbocycles. The third-order valence-corrected chi connectivity index (χ3v) is 3.36. The normalized spacial score (nSPS) is 17.5. The lowest BCUT2D eigenvalue weighted by atomic mass is 10.2. The van der Waals surface area contributed by atoms with Gasteiger partial charge in [-0.2, -0.15) is 0 Å². The zero-order valence-corrected chi connectivity index (χ0v) is 9.91. The van der Waals surface area contributed by atoms with Gasteiger partial charge in [0.05, 0.1) is 17.8 Å². The van der Waals surface area contributed by atoms with E-state index in [0.717, 1.165) is 17.4 Å². The highest BCUT2D eigenvalue weighted by atomic mass is 35.5. The Balaban J connectivity index is 2.12. The zero-order chi connectivity index (χ0) is 10.8. The van der Waals surface area contributed by atoms with Crippen LogP contribution in [0.1, 0.15) is 25.5 Å². The minimum atomic E-state index is 0.423. The fraction of sp³-hybridized carbons (Fsp3) is 0.636. The molecule has 2 rings (SSSR count). The average Bonchev–Trinajstić information content (AvgIpc) is 3.11. The van der Waals surface area contributed by atoms with Gasteiger partial charge in [0.15, 0.2) is 0 Å². The molecule has 82 valence electrons. The largest absolute Gasteiger partial charge is 0.355 e. The lowest BCUT2D eigenvalue weighted by Crippen LogP contribution is -2.31. The van der Waals surface area contributed by atoms with Crippen molar-refractivity contribution in [3.05, 3.63) is 18.1 Å². The van der Waals surface area contributed by atoms with E-state index in [1.165, 1.54) is 12.8 Å². The van der Waals surface area contributed by atoms with Crippen LogP contribution in [0.4, 0.5) is 5.82 Å². The van der Waals surface area contributed by atoms with Crippen molar-refractivity contribution < 1.29 is 0 Å². The molecule has 0 amide bonds. The highest BCUT2D eigenvalue weighted by molar-refractivity contribution is 6.16. The molecule has 1 atom stereocenters. The molecular formula is C11H16ClN3. The number of anilines is 1. The van der Waals surface area contributed by atoms with E-state index in [1.54, 1.807) is 12.4 Å².